The highest BCUT2D eigenvalue weighted by Gasteiger charge is 2.38. The normalized spacial score (nSPS) is 12.7. The first-order valence-electron chi connectivity index (χ1n) is 10.6. The lowest BCUT2D eigenvalue weighted by molar-refractivity contribution is 0.168. The summed E-state index contributed by atoms with van der Waals surface area (Å²) in [5, 5.41) is 13.9. The number of rotatable bonds is 10. The molecule has 1 heterocycles. The van der Waals surface area contributed by atoms with Gasteiger partial charge in [-0.05, 0) is 25.6 Å². The number of nitrogens with zero attached hydrogens (tertiary/aromatic N) is 3. The van der Waals surface area contributed by atoms with E-state index >= 15 is 0 Å². The number of hydrogen-bond acceptors (Lipinski definition) is 4. The van der Waals surface area contributed by atoms with E-state index in [9.17, 15) is 13.5 Å². The molecule has 0 aliphatic carbocycles. The molecule has 0 aliphatic heterocycles. The van der Waals surface area contributed by atoms with Gasteiger partial charge in [0.2, 0.25) is 23.7 Å². The van der Waals surface area contributed by atoms with Gasteiger partial charge in [0.15, 0.2) is 5.03 Å². The summed E-state index contributed by atoms with van der Waals surface area (Å²) >= 11 is 0. The second kappa shape index (κ2) is 10.3. The topological polar surface area (TPSA) is 75.4 Å². The van der Waals surface area contributed by atoms with Crippen LogP contribution in [0.3, 0.4) is 0 Å². The average Bonchev–Trinajstić information content (AvgIpc) is 3.18. The summed E-state index contributed by atoms with van der Waals surface area (Å²) in [4.78, 5) is 0. The molecule has 0 spiro atoms. The van der Waals surface area contributed by atoms with Gasteiger partial charge in [0.05, 0.1) is 12.6 Å². The Labute approximate surface area is 186 Å². The van der Waals surface area contributed by atoms with E-state index in [1.165, 1.54) is 10.7 Å². The molecule has 162 valence electrons. The van der Waals surface area contributed by atoms with E-state index < -0.39 is 16.1 Å². The van der Waals surface area contributed by atoms with Crippen LogP contribution >= 0.6 is 0 Å². The minimum Gasteiger partial charge on any atom is -0.391 e. The maximum atomic E-state index is 13.7. The third-order valence-electron chi connectivity index (χ3n) is 5.23. The van der Waals surface area contributed by atoms with Crippen molar-refractivity contribution in [1.82, 2.24) is 13.9 Å². The van der Waals surface area contributed by atoms with E-state index in [0.717, 1.165) is 11.1 Å². The number of aliphatic hydroxyl groups excluding tert-OH is 1. The first-order valence-corrected chi connectivity index (χ1v) is 12.0. The van der Waals surface area contributed by atoms with Crippen LogP contribution in [-0.2, 0) is 29.2 Å². The Balaban J connectivity index is 1.92. The van der Waals surface area contributed by atoms with E-state index in [1.54, 1.807) is 17.2 Å². The summed E-state index contributed by atoms with van der Waals surface area (Å²) < 4.78 is 30.4. The van der Waals surface area contributed by atoms with Crippen LogP contribution in [0, 0.1) is 0 Å². The van der Waals surface area contributed by atoms with E-state index in [0.29, 0.717) is 12.6 Å². The molecule has 31 heavy (non-hydrogen) atoms. The molecular weight excluding hydrogens is 408 g/mol. The van der Waals surface area contributed by atoms with Gasteiger partial charge in [-0.3, -0.25) is 8.81 Å². The summed E-state index contributed by atoms with van der Waals surface area (Å²) in [6, 6.07) is 21.3. The Kier molecular flexibility index (Phi) is 7.75. The van der Waals surface area contributed by atoms with Gasteiger partial charge < -0.3 is 5.11 Å². The molecule has 0 amide bonds. The van der Waals surface area contributed by atoms with Crippen LogP contribution in [0.4, 0.5) is 0 Å². The molecule has 1 N–H and O–H groups in total. The predicted molar refractivity (Wildman–Crippen MR) is 126 cm³/mol. The van der Waals surface area contributed by atoms with Gasteiger partial charge in [0.25, 0.3) is 0 Å². The smallest absolute Gasteiger partial charge is 0.242 e. The summed E-state index contributed by atoms with van der Waals surface area (Å²) in [5.74, 6) is 0. The van der Waals surface area contributed by atoms with Crippen LogP contribution < -0.4 is 0 Å². The van der Waals surface area contributed by atoms with Crippen molar-refractivity contribution in [2.45, 2.75) is 50.9 Å². The zero-order valence-corrected chi connectivity index (χ0v) is 19.1. The van der Waals surface area contributed by atoms with E-state index in [2.05, 4.69) is 5.10 Å². The molecule has 1 atom stereocenters. The lowest BCUT2D eigenvalue weighted by atomic mass is 9.48. The van der Waals surface area contributed by atoms with E-state index in [1.807, 2.05) is 74.3 Å². The number of sulfonamides is 1. The van der Waals surface area contributed by atoms with Crippen LogP contribution in [-0.4, -0.2) is 47.2 Å². The molecule has 0 bridgehead atoms. The van der Waals surface area contributed by atoms with Crippen molar-refractivity contribution in [2.24, 2.45) is 0 Å². The standard InChI is InChI=1S/C22H29B2N3O3S/c1-19(28)18-26-15-14-22(25-26)31(29,30)27(23(2)16-20-10-6-4-7-11-20)24(3)17-21-12-8-5-9-13-21/h4-15,19,28H,16-18H2,1-3H3. The first kappa shape index (κ1) is 23.3. The summed E-state index contributed by atoms with van der Waals surface area (Å²) in [6.07, 6.45) is 2.20. The highest BCUT2D eigenvalue weighted by molar-refractivity contribution is 7.91. The largest absolute Gasteiger partial charge is 0.391 e. The van der Waals surface area contributed by atoms with Gasteiger partial charge in [-0.1, -0.05) is 85.4 Å². The highest BCUT2D eigenvalue weighted by Crippen LogP contribution is 2.21. The molecule has 1 unspecified atom stereocenters. The number of hydrogen-bond donors (Lipinski definition) is 1. The average molecular weight is 437 g/mol. The van der Waals surface area contributed by atoms with Gasteiger partial charge in [-0.25, -0.2) is 8.42 Å². The summed E-state index contributed by atoms with van der Waals surface area (Å²) in [7, 11) is -3.83. The van der Waals surface area contributed by atoms with Crippen LogP contribution in [0.2, 0.25) is 13.6 Å². The highest BCUT2D eigenvalue weighted by atomic mass is 32.2. The number of benzene rings is 2. The van der Waals surface area contributed by atoms with Gasteiger partial charge in [0, 0.05) is 6.20 Å². The Hall–Kier alpha value is -2.35. The van der Waals surface area contributed by atoms with Crippen molar-refractivity contribution < 1.29 is 13.5 Å². The third kappa shape index (κ3) is 6.09. The zero-order chi connectivity index (χ0) is 22.4. The lowest BCUT2D eigenvalue weighted by Gasteiger charge is -2.30. The Morgan fingerprint density at radius 3 is 1.87 bits per heavy atom. The minimum atomic E-state index is -3.83. The first-order chi connectivity index (χ1) is 14.8. The molecule has 6 nitrogen and oxygen atoms in total. The number of aliphatic hydroxyl groups is 1. The monoisotopic (exact) mass is 437 g/mol. The maximum absolute atomic E-state index is 13.7. The quantitative estimate of drug-likeness (QED) is 0.495. The summed E-state index contributed by atoms with van der Waals surface area (Å²) in [6.45, 7) is 5.26. The van der Waals surface area contributed by atoms with Crippen LogP contribution in [0.5, 0.6) is 0 Å². The van der Waals surface area contributed by atoms with Crippen molar-refractivity contribution in [3.05, 3.63) is 84.1 Å². The van der Waals surface area contributed by atoms with E-state index in [4.69, 9.17) is 0 Å². The fourth-order valence-electron chi connectivity index (χ4n) is 3.96. The van der Waals surface area contributed by atoms with Gasteiger partial charge >= 0.3 is 0 Å². The minimum absolute atomic E-state index is 0.00738. The van der Waals surface area contributed by atoms with Crippen LogP contribution in [0.25, 0.3) is 0 Å². The number of aromatic nitrogens is 2. The van der Waals surface area contributed by atoms with Crippen LogP contribution in [0.1, 0.15) is 18.1 Å². The third-order valence-corrected chi connectivity index (χ3v) is 7.25. The molecule has 1 aromatic heterocycles. The summed E-state index contributed by atoms with van der Waals surface area (Å²) in [5.41, 5.74) is 2.17. The Morgan fingerprint density at radius 1 is 0.935 bits per heavy atom. The molecule has 9 heteroatoms. The van der Waals surface area contributed by atoms with Crippen molar-refractivity contribution in [3.8, 4) is 0 Å². The SMILES string of the molecule is CB(Cc1ccccc1)N(B(C)Cc1ccccc1)S(=O)(=O)c1ccn(CC(C)O)n1. The fraction of sp³-hybridized carbons (Fsp3) is 0.318. The fourth-order valence-corrected chi connectivity index (χ4v) is 5.71. The molecular formula is C22H29B2N3O3S. The van der Waals surface area contributed by atoms with Crippen molar-refractivity contribution >= 4 is 23.7 Å². The van der Waals surface area contributed by atoms with Crippen molar-refractivity contribution in [3.63, 3.8) is 0 Å². The molecule has 0 saturated carbocycles. The Morgan fingerprint density at radius 2 is 1.42 bits per heavy atom. The van der Waals surface area contributed by atoms with Crippen LogP contribution in [0.15, 0.2) is 78.0 Å². The van der Waals surface area contributed by atoms with Gasteiger partial charge in [-0.2, -0.15) is 5.10 Å². The predicted octanol–water partition coefficient (Wildman–Crippen LogP) is 3.06. The van der Waals surface area contributed by atoms with Crippen molar-refractivity contribution in [1.29, 1.82) is 0 Å². The molecule has 0 aliphatic rings. The molecule has 2 aromatic carbocycles. The molecule has 3 aromatic rings. The van der Waals surface area contributed by atoms with E-state index in [-0.39, 0.29) is 25.3 Å². The maximum Gasteiger partial charge on any atom is 0.242 e. The van der Waals surface area contributed by atoms with Gasteiger partial charge in [0.1, 0.15) is 0 Å². The second-order valence-corrected chi connectivity index (χ2v) is 9.93. The molecule has 0 saturated heterocycles. The van der Waals surface area contributed by atoms with Gasteiger partial charge in [-0.15, -0.1) is 0 Å². The Bertz CT molecular complexity index is 1010. The molecule has 3 rings (SSSR count). The lowest BCUT2D eigenvalue weighted by Crippen LogP contribution is -2.52. The molecule has 0 fully saturated rings. The molecule has 0 radical (unpaired) electrons. The second-order valence-electron chi connectivity index (χ2n) is 8.14. The van der Waals surface area contributed by atoms with Crippen molar-refractivity contribution in [2.75, 3.05) is 0 Å². The zero-order valence-electron chi connectivity index (χ0n) is 18.3.